The molecule has 2 aromatic rings. The van der Waals surface area contributed by atoms with E-state index in [4.69, 9.17) is 5.11 Å². The Hall–Kier alpha value is -1.09. The van der Waals surface area contributed by atoms with Crippen molar-refractivity contribution in [2.24, 2.45) is 0 Å². The van der Waals surface area contributed by atoms with E-state index in [2.05, 4.69) is 29.4 Å². The summed E-state index contributed by atoms with van der Waals surface area (Å²) < 4.78 is 2.52. The van der Waals surface area contributed by atoms with E-state index >= 15 is 0 Å². The van der Waals surface area contributed by atoms with E-state index < -0.39 is 5.97 Å². The van der Waals surface area contributed by atoms with Crippen LogP contribution in [0.1, 0.15) is 5.56 Å². The summed E-state index contributed by atoms with van der Waals surface area (Å²) in [7, 11) is 0. The van der Waals surface area contributed by atoms with Crippen LogP contribution in [0.4, 0.5) is 0 Å². The number of hydrogen-bond donors (Lipinski definition) is 1. The maximum atomic E-state index is 10.5. The summed E-state index contributed by atoms with van der Waals surface area (Å²) in [6.07, 6.45) is 2.88. The molecule has 2 nitrogen and oxygen atoms in total. The third-order valence-electron chi connectivity index (χ3n) is 2.21. The van der Waals surface area contributed by atoms with E-state index in [1.54, 1.807) is 17.4 Å². The zero-order chi connectivity index (χ0) is 11.5. The van der Waals surface area contributed by atoms with Crippen LogP contribution < -0.4 is 4.46 Å². The van der Waals surface area contributed by atoms with Crippen LogP contribution in [0.15, 0.2) is 29.7 Å². The molecule has 2 rings (SSSR count). The second kappa shape index (κ2) is 4.83. The summed E-state index contributed by atoms with van der Waals surface area (Å²) in [5.74, 6) is 1.24. The van der Waals surface area contributed by atoms with Crippen molar-refractivity contribution >= 4 is 52.9 Å². The number of hydrogen-bond acceptors (Lipinski definition) is 2. The Balaban J connectivity index is 2.52. The molecule has 4 heteroatoms. The molecule has 1 aromatic heterocycles. The standard InChI is InChI=1S/C12H10O2SSe/c1-16-11-7-10-8(4-5-15-10)6-9(11)2-3-12(13)14/h2-7H,1H3,(H,13,14)/b3-2+. The zero-order valence-corrected chi connectivity index (χ0v) is 11.2. The summed E-state index contributed by atoms with van der Waals surface area (Å²) in [6, 6.07) is 6.29. The summed E-state index contributed by atoms with van der Waals surface area (Å²) in [4.78, 5) is 10.5. The summed E-state index contributed by atoms with van der Waals surface area (Å²) in [5.41, 5.74) is 1.02. The van der Waals surface area contributed by atoms with Crippen LogP contribution in [-0.2, 0) is 4.79 Å². The Labute approximate surface area is 104 Å². The van der Waals surface area contributed by atoms with Gasteiger partial charge >= 0.3 is 104 Å². The molecule has 0 saturated heterocycles. The number of rotatable bonds is 3. The number of thiophene rings is 1. The van der Waals surface area contributed by atoms with Gasteiger partial charge in [0.25, 0.3) is 0 Å². The van der Waals surface area contributed by atoms with Crippen LogP contribution in [0.2, 0.25) is 5.82 Å². The van der Waals surface area contributed by atoms with Crippen LogP contribution in [-0.4, -0.2) is 26.0 Å². The Morgan fingerprint density at radius 1 is 1.50 bits per heavy atom. The van der Waals surface area contributed by atoms with E-state index in [-0.39, 0.29) is 0 Å². The number of fused-ring (bicyclic) bond motifs is 1. The molecule has 0 unspecified atom stereocenters. The van der Waals surface area contributed by atoms with E-state index in [0.717, 1.165) is 5.56 Å². The van der Waals surface area contributed by atoms with Gasteiger partial charge in [-0.25, -0.2) is 0 Å². The molecule has 0 atom stereocenters. The van der Waals surface area contributed by atoms with Gasteiger partial charge in [-0.05, 0) is 0 Å². The Kier molecular flexibility index (Phi) is 3.44. The molecule has 1 aromatic carbocycles. The summed E-state index contributed by atoms with van der Waals surface area (Å²) >= 11 is 2.09. The van der Waals surface area contributed by atoms with Gasteiger partial charge in [0.1, 0.15) is 0 Å². The topological polar surface area (TPSA) is 37.3 Å². The van der Waals surface area contributed by atoms with Crippen LogP contribution in [0.3, 0.4) is 0 Å². The number of carboxylic acids is 1. The molecule has 0 aliphatic carbocycles. The molecular formula is C12H10O2SSe. The molecule has 82 valence electrons. The van der Waals surface area contributed by atoms with Crippen LogP contribution in [0, 0.1) is 0 Å². The molecule has 0 radical (unpaired) electrons. The molecule has 0 aliphatic rings. The molecule has 0 aliphatic heterocycles. The first kappa shape index (κ1) is 11.4. The fraction of sp³-hybridized carbons (Fsp3) is 0.0833. The molecular weight excluding hydrogens is 287 g/mol. The van der Waals surface area contributed by atoms with Crippen LogP contribution >= 0.6 is 11.3 Å². The second-order valence-electron chi connectivity index (χ2n) is 3.22. The van der Waals surface area contributed by atoms with E-state index in [0.29, 0.717) is 15.0 Å². The van der Waals surface area contributed by atoms with Gasteiger partial charge in [0.05, 0.1) is 0 Å². The van der Waals surface area contributed by atoms with Crippen molar-refractivity contribution in [1.29, 1.82) is 0 Å². The Morgan fingerprint density at radius 2 is 2.31 bits per heavy atom. The fourth-order valence-electron chi connectivity index (χ4n) is 1.48. The number of benzene rings is 1. The van der Waals surface area contributed by atoms with Gasteiger partial charge in [-0.2, -0.15) is 0 Å². The first-order chi connectivity index (χ1) is 7.70. The van der Waals surface area contributed by atoms with Crippen molar-refractivity contribution in [2.45, 2.75) is 5.82 Å². The monoisotopic (exact) mass is 298 g/mol. The van der Waals surface area contributed by atoms with Gasteiger partial charge in [-0.15, -0.1) is 0 Å². The molecule has 0 saturated carbocycles. The molecule has 0 spiro atoms. The second-order valence-corrected chi connectivity index (χ2v) is 5.95. The van der Waals surface area contributed by atoms with Crippen molar-refractivity contribution in [3.8, 4) is 0 Å². The predicted octanol–water partition coefficient (Wildman–Crippen LogP) is 2.38. The van der Waals surface area contributed by atoms with E-state index in [1.165, 1.54) is 20.6 Å². The first-order valence-corrected chi connectivity index (χ1v) is 8.12. The Morgan fingerprint density at radius 3 is 3.00 bits per heavy atom. The third-order valence-corrected chi connectivity index (χ3v) is 4.75. The predicted molar refractivity (Wildman–Crippen MR) is 69.7 cm³/mol. The fourth-order valence-corrected chi connectivity index (χ4v) is 3.71. The van der Waals surface area contributed by atoms with Gasteiger partial charge in [0.15, 0.2) is 0 Å². The van der Waals surface area contributed by atoms with Gasteiger partial charge in [0.2, 0.25) is 0 Å². The minimum atomic E-state index is -0.903. The average molecular weight is 297 g/mol. The SMILES string of the molecule is C[Se]c1cc2sccc2cc1/C=C/C(=O)O. The average Bonchev–Trinajstić information content (AvgIpc) is 2.71. The summed E-state index contributed by atoms with van der Waals surface area (Å²) in [6.45, 7) is 0. The molecule has 0 fully saturated rings. The minimum absolute atomic E-state index is 0.371. The molecule has 0 bridgehead atoms. The Bertz CT molecular complexity index is 557. The molecule has 0 amide bonds. The van der Waals surface area contributed by atoms with Crippen molar-refractivity contribution < 1.29 is 9.90 Å². The van der Waals surface area contributed by atoms with Crippen LogP contribution in [0.5, 0.6) is 0 Å². The quantitative estimate of drug-likeness (QED) is 0.697. The molecule has 1 heterocycles. The molecule has 1 N–H and O–H groups in total. The van der Waals surface area contributed by atoms with E-state index in [1.807, 2.05) is 0 Å². The van der Waals surface area contributed by atoms with Gasteiger partial charge in [0, 0.05) is 0 Å². The van der Waals surface area contributed by atoms with Crippen LogP contribution in [0.25, 0.3) is 16.2 Å². The van der Waals surface area contributed by atoms with Crippen molar-refractivity contribution in [2.75, 3.05) is 0 Å². The van der Waals surface area contributed by atoms with Crippen molar-refractivity contribution in [1.82, 2.24) is 0 Å². The maximum absolute atomic E-state index is 10.5. The van der Waals surface area contributed by atoms with Crippen molar-refractivity contribution in [3.63, 3.8) is 0 Å². The van der Waals surface area contributed by atoms with Gasteiger partial charge in [-0.3, -0.25) is 0 Å². The van der Waals surface area contributed by atoms with E-state index in [9.17, 15) is 4.79 Å². The molecule has 16 heavy (non-hydrogen) atoms. The zero-order valence-electron chi connectivity index (χ0n) is 8.64. The summed E-state index contributed by atoms with van der Waals surface area (Å²) in [5, 5.41) is 11.9. The van der Waals surface area contributed by atoms with Crippen molar-refractivity contribution in [3.05, 3.63) is 35.2 Å². The number of aliphatic carboxylic acids is 1. The normalized spacial score (nSPS) is 11.3. The third kappa shape index (κ3) is 2.35. The van der Waals surface area contributed by atoms with Gasteiger partial charge < -0.3 is 0 Å². The first-order valence-electron chi connectivity index (χ1n) is 4.67. The number of carbonyl (C=O) groups is 1. The van der Waals surface area contributed by atoms with Gasteiger partial charge in [-0.1, -0.05) is 0 Å². The number of carboxylic acid groups (broad SMARTS) is 1.